The van der Waals surface area contributed by atoms with Crippen molar-refractivity contribution in [3.63, 3.8) is 0 Å². The van der Waals surface area contributed by atoms with Crippen LogP contribution in [0.15, 0.2) is 24.3 Å². The first-order valence-electron chi connectivity index (χ1n) is 8.55. The van der Waals surface area contributed by atoms with Gasteiger partial charge in [-0.1, -0.05) is 23.7 Å². The van der Waals surface area contributed by atoms with Crippen molar-refractivity contribution in [1.29, 1.82) is 0 Å². The second kappa shape index (κ2) is 8.16. The molecule has 2 aromatic rings. The van der Waals surface area contributed by atoms with E-state index in [1.807, 2.05) is 12.1 Å². The third kappa shape index (κ3) is 5.21. The molecule has 1 aromatic heterocycles. The molecule has 4 nitrogen and oxygen atoms in total. The lowest BCUT2D eigenvalue weighted by Gasteiger charge is -2.22. The number of halogens is 4. The fourth-order valence-electron chi connectivity index (χ4n) is 3.07. The van der Waals surface area contributed by atoms with E-state index in [0.29, 0.717) is 40.1 Å². The number of hydrogen-bond acceptors (Lipinski definition) is 4. The zero-order valence-electron chi connectivity index (χ0n) is 14.7. The smallest absolute Gasteiger partial charge is 0.337 e. The Morgan fingerprint density at radius 3 is 2.74 bits per heavy atom. The summed E-state index contributed by atoms with van der Waals surface area (Å²) in [7, 11) is 0. The number of carbonyl (C=O) groups is 1. The summed E-state index contributed by atoms with van der Waals surface area (Å²) in [4.78, 5) is 20.9. The van der Waals surface area contributed by atoms with Crippen molar-refractivity contribution in [3.05, 3.63) is 39.9 Å². The van der Waals surface area contributed by atoms with E-state index in [1.54, 1.807) is 24.0 Å². The van der Waals surface area contributed by atoms with Crippen molar-refractivity contribution < 1.29 is 18.0 Å². The van der Waals surface area contributed by atoms with Gasteiger partial charge in [0.2, 0.25) is 0 Å². The number of aromatic nitrogens is 1. The highest BCUT2D eigenvalue weighted by Crippen LogP contribution is 2.30. The molecule has 0 unspecified atom stereocenters. The Morgan fingerprint density at radius 1 is 1.26 bits per heavy atom. The van der Waals surface area contributed by atoms with Crippen LogP contribution in [0.1, 0.15) is 21.8 Å². The lowest BCUT2D eigenvalue weighted by Crippen LogP contribution is -2.38. The van der Waals surface area contributed by atoms with Gasteiger partial charge >= 0.3 is 6.18 Å². The molecule has 1 amide bonds. The summed E-state index contributed by atoms with van der Waals surface area (Å²) in [6.07, 6.45) is -3.71. The summed E-state index contributed by atoms with van der Waals surface area (Å²) in [6.45, 7) is 2.10. The van der Waals surface area contributed by atoms with Crippen molar-refractivity contribution in [2.75, 3.05) is 32.7 Å². The highest BCUT2D eigenvalue weighted by molar-refractivity contribution is 7.17. The third-order valence-corrected chi connectivity index (χ3v) is 5.77. The molecule has 0 aliphatic carbocycles. The Bertz CT molecular complexity index is 824. The van der Waals surface area contributed by atoms with Crippen LogP contribution in [0.4, 0.5) is 13.2 Å². The monoisotopic (exact) mass is 417 g/mol. The van der Waals surface area contributed by atoms with Crippen LogP contribution in [0.2, 0.25) is 5.02 Å². The van der Waals surface area contributed by atoms with Gasteiger partial charge in [0.05, 0.1) is 12.2 Å². The van der Waals surface area contributed by atoms with E-state index in [2.05, 4.69) is 4.98 Å². The molecule has 1 saturated heterocycles. The predicted octanol–water partition coefficient (Wildman–Crippen LogP) is 4.48. The molecular formula is C18H19ClF3N3OS. The Morgan fingerprint density at radius 2 is 2.04 bits per heavy atom. The number of benzene rings is 1. The fraction of sp³-hybridized carbons (Fsp3) is 0.444. The SMILES string of the molecule is Cc1nc(-c2cccc(Cl)c2)sc1C(=O)N1CCCN(CC(F)(F)F)CC1. The maximum atomic E-state index is 12.9. The molecule has 1 aliphatic rings. The molecule has 1 aliphatic heterocycles. The standard InChI is InChI=1S/C18H19ClF3N3OS/c1-12-15(27-16(23-12)13-4-2-5-14(19)10-13)17(26)25-7-3-6-24(8-9-25)11-18(20,21)22/h2,4-5,10H,3,6-9,11H2,1H3. The van der Waals surface area contributed by atoms with Gasteiger partial charge in [0.15, 0.2) is 0 Å². The molecule has 0 saturated carbocycles. The van der Waals surface area contributed by atoms with Gasteiger partial charge in [-0.15, -0.1) is 11.3 Å². The maximum absolute atomic E-state index is 12.9. The molecule has 0 atom stereocenters. The average Bonchev–Trinajstić information content (AvgIpc) is 2.82. The first-order valence-corrected chi connectivity index (χ1v) is 9.74. The lowest BCUT2D eigenvalue weighted by molar-refractivity contribution is -0.145. The second-order valence-electron chi connectivity index (χ2n) is 6.48. The number of nitrogens with zero attached hydrogens (tertiary/aromatic N) is 3. The molecule has 3 rings (SSSR count). The van der Waals surface area contributed by atoms with Crippen molar-refractivity contribution in [3.8, 4) is 10.6 Å². The zero-order chi connectivity index (χ0) is 19.6. The van der Waals surface area contributed by atoms with Crippen molar-refractivity contribution in [2.24, 2.45) is 0 Å². The van der Waals surface area contributed by atoms with E-state index in [-0.39, 0.29) is 19.0 Å². The molecule has 27 heavy (non-hydrogen) atoms. The maximum Gasteiger partial charge on any atom is 0.401 e. The first-order chi connectivity index (χ1) is 12.7. The Kier molecular flexibility index (Phi) is 6.08. The Balaban J connectivity index is 1.72. The highest BCUT2D eigenvalue weighted by atomic mass is 35.5. The van der Waals surface area contributed by atoms with E-state index >= 15 is 0 Å². The van der Waals surface area contributed by atoms with E-state index in [1.165, 1.54) is 16.2 Å². The summed E-state index contributed by atoms with van der Waals surface area (Å²) in [6, 6.07) is 7.25. The molecule has 0 bridgehead atoms. The zero-order valence-corrected chi connectivity index (χ0v) is 16.3. The van der Waals surface area contributed by atoms with Crippen LogP contribution in [0.25, 0.3) is 10.6 Å². The Hall–Kier alpha value is -1.64. The minimum Gasteiger partial charge on any atom is -0.337 e. The molecule has 1 aromatic carbocycles. The summed E-state index contributed by atoms with van der Waals surface area (Å²) < 4.78 is 37.8. The number of alkyl halides is 3. The minimum atomic E-state index is -4.22. The average molecular weight is 418 g/mol. The van der Waals surface area contributed by atoms with Gasteiger partial charge in [-0.2, -0.15) is 13.2 Å². The lowest BCUT2D eigenvalue weighted by atomic mass is 10.2. The number of amides is 1. The molecule has 0 radical (unpaired) electrons. The van der Waals surface area contributed by atoms with Gasteiger partial charge in [-0.3, -0.25) is 9.69 Å². The fourth-order valence-corrected chi connectivity index (χ4v) is 4.29. The topological polar surface area (TPSA) is 36.4 Å². The van der Waals surface area contributed by atoms with Crippen molar-refractivity contribution in [2.45, 2.75) is 19.5 Å². The normalized spacial score (nSPS) is 16.4. The van der Waals surface area contributed by atoms with Crippen LogP contribution in [0.5, 0.6) is 0 Å². The van der Waals surface area contributed by atoms with Gasteiger partial charge in [0.25, 0.3) is 5.91 Å². The van der Waals surface area contributed by atoms with Crippen LogP contribution in [0.3, 0.4) is 0 Å². The molecule has 0 N–H and O–H groups in total. The summed E-state index contributed by atoms with van der Waals surface area (Å²) in [5.41, 5.74) is 1.46. The number of hydrogen-bond donors (Lipinski definition) is 0. The van der Waals surface area contributed by atoms with Gasteiger partial charge in [0, 0.05) is 36.8 Å². The van der Waals surface area contributed by atoms with E-state index in [9.17, 15) is 18.0 Å². The molecule has 2 heterocycles. The van der Waals surface area contributed by atoms with Gasteiger partial charge in [-0.05, 0) is 25.5 Å². The van der Waals surface area contributed by atoms with Crippen LogP contribution < -0.4 is 0 Å². The number of aryl methyl sites for hydroxylation is 1. The molecule has 0 spiro atoms. The van der Waals surface area contributed by atoms with Gasteiger partial charge < -0.3 is 4.90 Å². The van der Waals surface area contributed by atoms with E-state index in [0.717, 1.165) is 5.56 Å². The molecule has 146 valence electrons. The summed E-state index contributed by atoms with van der Waals surface area (Å²) in [5.74, 6) is -0.174. The highest BCUT2D eigenvalue weighted by Gasteiger charge is 2.32. The predicted molar refractivity (Wildman–Crippen MR) is 100 cm³/mol. The summed E-state index contributed by atoms with van der Waals surface area (Å²) >= 11 is 7.31. The van der Waals surface area contributed by atoms with Crippen LogP contribution in [-0.4, -0.2) is 59.6 Å². The number of carbonyl (C=O) groups excluding carboxylic acids is 1. The molecule has 9 heteroatoms. The van der Waals surface area contributed by atoms with Gasteiger partial charge in [-0.25, -0.2) is 4.98 Å². The van der Waals surface area contributed by atoms with Crippen molar-refractivity contribution >= 4 is 28.8 Å². The van der Waals surface area contributed by atoms with Crippen LogP contribution >= 0.6 is 22.9 Å². The van der Waals surface area contributed by atoms with Gasteiger partial charge in [0.1, 0.15) is 9.88 Å². The Labute approximate surface area is 164 Å². The second-order valence-corrected chi connectivity index (χ2v) is 7.92. The van der Waals surface area contributed by atoms with Crippen LogP contribution in [0, 0.1) is 6.92 Å². The van der Waals surface area contributed by atoms with Crippen LogP contribution in [-0.2, 0) is 0 Å². The number of rotatable bonds is 3. The number of thiazole rings is 1. The molecule has 1 fully saturated rings. The van der Waals surface area contributed by atoms with E-state index < -0.39 is 12.7 Å². The van der Waals surface area contributed by atoms with Crippen molar-refractivity contribution in [1.82, 2.24) is 14.8 Å². The first kappa shape index (κ1) is 20.1. The minimum absolute atomic E-state index is 0.174. The van der Waals surface area contributed by atoms with E-state index in [4.69, 9.17) is 11.6 Å². The summed E-state index contributed by atoms with van der Waals surface area (Å²) in [5, 5.41) is 1.29. The quantitative estimate of drug-likeness (QED) is 0.738. The third-order valence-electron chi connectivity index (χ3n) is 4.34. The molecular weight excluding hydrogens is 399 g/mol. The largest absolute Gasteiger partial charge is 0.401 e.